The maximum Gasteiger partial charge on any atom is 0.268 e. The number of amides is 1. The number of nitrogens with zero attached hydrogens (tertiary/aromatic N) is 2. The molecule has 0 saturated heterocycles. The molecule has 1 N–H and O–H groups in total. The molecule has 0 bridgehead atoms. The molecule has 1 aliphatic rings. The lowest BCUT2D eigenvalue weighted by Gasteiger charge is -2.21. The normalized spacial score (nSPS) is 12.7. The molecule has 0 fully saturated rings. The van der Waals surface area contributed by atoms with E-state index in [0.29, 0.717) is 47.5 Å². The summed E-state index contributed by atoms with van der Waals surface area (Å²) in [6.45, 7) is 0. The molecule has 1 aromatic heterocycles. The number of anilines is 1. The van der Waals surface area contributed by atoms with Gasteiger partial charge in [-0.2, -0.15) is 5.26 Å². The third kappa shape index (κ3) is 3.46. The van der Waals surface area contributed by atoms with Crippen LogP contribution >= 0.6 is 0 Å². The van der Waals surface area contributed by atoms with Crippen LogP contribution in [0.3, 0.4) is 0 Å². The molecule has 0 saturated carbocycles. The standard InChI is InChI=1S/C23H17N3O3/c24-14-15-9-11-16(12-10-15)25-22(28)19-13-18-20(7-4-8-21(18)27)26(23(19)29)17-5-2-1-3-6-17/h1-3,5-6,9-13H,4,7-8H2,(H,25,28). The zero-order chi connectivity index (χ0) is 20.4. The number of Topliss-reactive ketones (excluding diaryl/α,β-unsaturated/α-hetero) is 1. The van der Waals surface area contributed by atoms with Crippen molar-refractivity contribution in [1.82, 2.24) is 4.57 Å². The van der Waals surface area contributed by atoms with Gasteiger partial charge in [0.2, 0.25) is 0 Å². The van der Waals surface area contributed by atoms with Crippen LogP contribution in [0.4, 0.5) is 5.69 Å². The average molecular weight is 383 g/mol. The molecule has 3 aromatic rings. The summed E-state index contributed by atoms with van der Waals surface area (Å²) >= 11 is 0. The number of aromatic nitrogens is 1. The van der Waals surface area contributed by atoms with Crippen molar-refractivity contribution in [3.05, 3.63) is 93.4 Å². The molecule has 0 spiro atoms. The number of fused-ring (bicyclic) bond motifs is 1. The van der Waals surface area contributed by atoms with Crippen LogP contribution in [0, 0.1) is 11.3 Å². The van der Waals surface area contributed by atoms with Gasteiger partial charge in [-0.05, 0) is 55.3 Å². The van der Waals surface area contributed by atoms with Crippen molar-refractivity contribution >= 4 is 17.4 Å². The molecule has 29 heavy (non-hydrogen) atoms. The van der Waals surface area contributed by atoms with Gasteiger partial charge in [-0.25, -0.2) is 0 Å². The van der Waals surface area contributed by atoms with Gasteiger partial charge in [0, 0.05) is 29.1 Å². The first-order valence-corrected chi connectivity index (χ1v) is 9.27. The number of para-hydroxylation sites is 1. The number of nitrogens with one attached hydrogen (secondary N) is 1. The Bertz CT molecular complexity index is 1200. The molecule has 1 aliphatic carbocycles. The zero-order valence-electron chi connectivity index (χ0n) is 15.5. The number of pyridine rings is 1. The van der Waals surface area contributed by atoms with Crippen LogP contribution in [-0.4, -0.2) is 16.3 Å². The van der Waals surface area contributed by atoms with E-state index in [1.165, 1.54) is 10.6 Å². The van der Waals surface area contributed by atoms with Gasteiger partial charge < -0.3 is 5.32 Å². The highest BCUT2D eigenvalue weighted by atomic mass is 16.2. The number of ketones is 1. The van der Waals surface area contributed by atoms with E-state index >= 15 is 0 Å². The van der Waals surface area contributed by atoms with Gasteiger partial charge in [0.15, 0.2) is 5.78 Å². The molecule has 0 radical (unpaired) electrons. The predicted octanol–water partition coefficient (Wildman–Crippen LogP) is 3.48. The number of rotatable bonds is 3. The number of hydrogen-bond donors (Lipinski definition) is 1. The van der Waals surface area contributed by atoms with E-state index in [-0.39, 0.29) is 11.3 Å². The Morgan fingerprint density at radius 1 is 1.00 bits per heavy atom. The summed E-state index contributed by atoms with van der Waals surface area (Å²) in [5.74, 6) is -0.658. The van der Waals surface area contributed by atoms with E-state index in [1.54, 1.807) is 36.4 Å². The SMILES string of the molecule is N#Cc1ccc(NC(=O)c2cc3c(n(-c4ccccc4)c2=O)CCCC3=O)cc1. The molecule has 142 valence electrons. The van der Waals surface area contributed by atoms with E-state index in [2.05, 4.69) is 5.32 Å². The molecule has 0 unspecified atom stereocenters. The molecule has 0 atom stereocenters. The summed E-state index contributed by atoms with van der Waals surface area (Å²) in [7, 11) is 0. The summed E-state index contributed by atoms with van der Waals surface area (Å²) < 4.78 is 1.47. The van der Waals surface area contributed by atoms with Crippen LogP contribution in [-0.2, 0) is 6.42 Å². The minimum absolute atomic E-state index is 0.0663. The van der Waals surface area contributed by atoms with Gasteiger partial charge in [0.1, 0.15) is 5.56 Å². The Balaban J connectivity index is 1.82. The minimum Gasteiger partial charge on any atom is -0.322 e. The summed E-state index contributed by atoms with van der Waals surface area (Å²) in [4.78, 5) is 38.6. The zero-order valence-corrected chi connectivity index (χ0v) is 15.5. The highest BCUT2D eigenvalue weighted by molar-refractivity contribution is 6.06. The van der Waals surface area contributed by atoms with Crippen LogP contribution in [0.25, 0.3) is 5.69 Å². The predicted molar refractivity (Wildman–Crippen MR) is 108 cm³/mol. The summed E-state index contributed by atoms with van der Waals surface area (Å²) in [5, 5.41) is 11.6. The van der Waals surface area contributed by atoms with Crippen molar-refractivity contribution in [3.63, 3.8) is 0 Å². The van der Waals surface area contributed by atoms with Crippen LogP contribution < -0.4 is 10.9 Å². The lowest BCUT2D eigenvalue weighted by atomic mass is 9.92. The van der Waals surface area contributed by atoms with Crippen molar-refractivity contribution in [3.8, 4) is 11.8 Å². The largest absolute Gasteiger partial charge is 0.322 e. The van der Waals surface area contributed by atoms with Crippen molar-refractivity contribution in [2.24, 2.45) is 0 Å². The minimum atomic E-state index is -0.592. The van der Waals surface area contributed by atoms with Gasteiger partial charge >= 0.3 is 0 Å². The Labute approximate surface area is 167 Å². The summed E-state index contributed by atoms with van der Waals surface area (Å²) in [5.41, 5.74) is 2.06. The maximum atomic E-state index is 13.2. The Hall–Kier alpha value is -3.98. The maximum absolute atomic E-state index is 13.2. The second-order valence-corrected chi connectivity index (χ2v) is 6.81. The average Bonchev–Trinajstić information content (AvgIpc) is 2.74. The molecule has 1 heterocycles. The van der Waals surface area contributed by atoms with Gasteiger partial charge in [0.05, 0.1) is 11.6 Å². The van der Waals surface area contributed by atoms with E-state index in [1.807, 2.05) is 24.3 Å². The molecule has 6 heteroatoms. The van der Waals surface area contributed by atoms with Crippen molar-refractivity contribution in [2.75, 3.05) is 5.32 Å². The lowest BCUT2D eigenvalue weighted by Crippen LogP contribution is -2.33. The fourth-order valence-electron chi connectivity index (χ4n) is 3.53. The quantitative estimate of drug-likeness (QED) is 0.749. The first kappa shape index (κ1) is 18.4. The lowest BCUT2D eigenvalue weighted by molar-refractivity contribution is 0.0971. The number of carbonyl (C=O) groups is 2. The third-order valence-electron chi connectivity index (χ3n) is 4.95. The first-order chi connectivity index (χ1) is 14.1. The summed E-state index contributed by atoms with van der Waals surface area (Å²) in [6.07, 6.45) is 1.67. The molecular weight excluding hydrogens is 366 g/mol. The van der Waals surface area contributed by atoms with E-state index in [0.717, 1.165) is 0 Å². The van der Waals surface area contributed by atoms with Gasteiger partial charge in [0.25, 0.3) is 11.5 Å². The molecule has 4 rings (SSSR count). The molecule has 0 aliphatic heterocycles. The number of hydrogen-bond acceptors (Lipinski definition) is 4. The highest BCUT2D eigenvalue weighted by Gasteiger charge is 2.26. The second kappa shape index (κ2) is 7.56. The Morgan fingerprint density at radius 3 is 2.41 bits per heavy atom. The van der Waals surface area contributed by atoms with Crippen molar-refractivity contribution in [2.45, 2.75) is 19.3 Å². The molecule has 1 amide bonds. The van der Waals surface area contributed by atoms with Crippen LogP contribution in [0.5, 0.6) is 0 Å². The van der Waals surface area contributed by atoms with Gasteiger partial charge in [-0.1, -0.05) is 18.2 Å². The smallest absolute Gasteiger partial charge is 0.268 e. The molecule has 2 aromatic carbocycles. The van der Waals surface area contributed by atoms with Gasteiger partial charge in [-0.15, -0.1) is 0 Å². The fraction of sp³-hybridized carbons (Fsp3) is 0.130. The number of benzene rings is 2. The van der Waals surface area contributed by atoms with Gasteiger partial charge in [-0.3, -0.25) is 19.0 Å². The summed E-state index contributed by atoms with van der Waals surface area (Å²) in [6, 6.07) is 18.8. The topological polar surface area (TPSA) is 92.0 Å². The van der Waals surface area contributed by atoms with Crippen molar-refractivity contribution < 1.29 is 9.59 Å². The van der Waals surface area contributed by atoms with Crippen LogP contribution in [0.2, 0.25) is 0 Å². The number of nitriles is 1. The van der Waals surface area contributed by atoms with E-state index in [9.17, 15) is 14.4 Å². The van der Waals surface area contributed by atoms with E-state index in [4.69, 9.17) is 5.26 Å². The first-order valence-electron chi connectivity index (χ1n) is 9.27. The molecule has 6 nitrogen and oxygen atoms in total. The fourth-order valence-corrected chi connectivity index (χ4v) is 3.53. The third-order valence-corrected chi connectivity index (χ3v) is 4.95. The highest BCUT2D eigenvalue weighted by Crippen LogP contribution is 2.24. The van der Waals surface area contributed by atoms with E-state index < -0.39 is 11.5 Å². The molecular formula is C23H17N3O3. The van der Waals surface area contributed by atoms with Crippen molar-refractivity contribution in [1.29, 1.82) is 5.26 Å². The monoisotopic (exact) mass is 383 g/mol. The Morgan fingerprint density at radius 2 is 1.72 bits per heavy atom. The Kier molecular flexibility index (Phi) is 4.80. The number of carbonyl (C=O) groups excluding carboxylic acids is 2. The second-order valence-electron chi connectivity index (χ2n) is 6.81. The van der Waals surface area contributed by atoms with Crippen LogP contribution in [0.1, 0.15) is 44.8 Å². The van der Waals surface area contributed by atoms with Crippen LogP contribution in [0.15, 0.2) is 65.5 Å².